The van der Waals surface area contributed by atoms with Gasteiger partial charge < -0.3 is 5.32 Å². The van der Waals surface area contributed by atoms with Crippen LogP contribution in [0.2, 0.25) is 5.02 Å². The van der Waals surface area contributed by atoms with Crippen LogP contribution in [0, 0.1) is 11.6 Å². The number of benzene rings is 2. The molecule has 0 spiro atoms. The van der Waals surface area contributed by atoms with Gasteiger partial charge in [0.2, 0.25) is 0 Å². The second kappa shape index (κ2) is 6.13. The van der Waals surface area contributed by atoms with Crippen LogP contribution in [-0.2, 0) is 6.54 Å². The number of nitrogens with one attached hydrogen (secondary N) is 1. The molecule has 0 heterocycles. The lowest BCUT2D eigenvalue weighted by Crippen LogP contribution is -2.18. The average molecular weight is 282 g/mol. The largest absolute Gasteiger partial charge is 0.306 e. The molecule has 0 radical (unpaired) electrons. The van der Waals surface area contributed by atoms with Crippen molar-refractivity contribution >= 4 is 11.6 Å². The summed E-state index contributed by atoms with van der Waals surface area (Å²) in [5, 5.41) is 3.87. The molecule has 0 saturated carbocycles. The standard InChI is InChI=1S/C15H14ClF2N/c1-10(14-4-2-3-5-15(14)16)19-9-11-6-12(17)8-13(18)7-11/h2-8,10,19H,9H2,1H3/t10-/m0/s1. The summed E-state index contributed by atoms with van der Waals surface area (Å²) in [5.41, 5.74) is 1.53. The zero-order chi connectivity index (χ0) is 13.8. The highest BCUT2D eigenvalue weighted by atomic mass is 35.5. The maximum atomic E-state index is 13.1. The van der Waals surface area contributed by atoms with E-state index in [4.69, 9.17) is 11.6 Å². The minimum atomic E-state index is -0.567. The van der Waals surface area contributed by atoms with E-state index in [2.05, 4.69) is 5.32 Å². The van der Waals surface area contributed by atoms with Crippen molar-refractivity contribution in [3.05, 3.63) is 70.2 Å². The molecule has 4 heteroatoms. The van der Waals surface area contributed by atoms with E-state index in [1.165, 1.54) is 12.1 Å². The predicted molar refractivity (Wildman–Crippen MR) is 73.1 cm³/mol. The fraction of sp³-hybridized carbons (Fsp3) is 0.200. The Morgan fingerprint density at radius 1 is 1.11 bits per heavy atom. The van der Waals surface area contributed by atoms with Gasteiger partial charge in [0.1, 0.15) is 11.6 Å². The van der Waals surface area contributed by atoms with Gasteiger partial charge in [-0.05, 0) is 36.2 Å². The second-order valence-electron chi connectivity index (χ2n) is 4.40. The van der Waals surface area contributed by atoms with E-state index in [1.54, 1.807) is 0 Å². The van der Waals surface area contributed by atoms with Crippen LogP contribution in [0.1, 0.15) is 24.1 Å². The SMILES string of the molecule is C[C@H](NCc1cc(F)cc(F)c1)c1ccccc1Cl. The topological polar surface area (TPSA) is 12.0 Å². The highest BCUT2D eigenvalue weighted by molar-refractivity contribution is 6.31. The smallest absolute Gasteiger partial charge is 0.126 e. The van der Waals surface area contributed by atoms with Gasteiger partial charge in [-0.1, -0.05) is 29.8 Å². The highest BCUT2D eigenvalue weighted by Gasteiger charge is 2.09. The Labute approximate surface area is 116 Å². The maximum Gasteiger partial charge on any atom is 0.126 e. The van der Waals surface area contributed by atoms with Gasteiger partial charge in [-0.25, -0.2) is 8.78 Å². The summed E-state index contributed by atoms with van der Waals surface area (Å²) in [4.78, 5) is 0. The van der Waals surface area contributed by atoms with Crippen molar-refractivity contribution in [1.82, 2.24) is 5.32 Å². The van der Waals surface area contributed by atoms with Gasteiger partial charge in [-0.2, -0.15) is 0 Å². The van der Waals surface area contributed by atoms with Crippen molar-refractivity contribution < 1.29 is 8.78 Å². The van der Waals surface area contributed by atoms with Crippen molar-refractivity contribution in [2.24, 2.45) is 0 Å². The van der Waals surface area contributed by atoms with Crippen LogP contribution in [-0.4, -0.2) is 0 Å². The lowest BCUT2D eigenvalue weighted by atomic mass is 10.1. The zero-order valence-electron chi connectivity index (χ0n) is 10.5. The lowest BCUT2D eigenvalue weighted by Gasteiger charge is -2.15. The Bertz CT molecular complexity index is 552. The van der Waals surface area contributed by atoms with Crippen LogP contribution in [0.5, 0.6) is 0 Å². The first-order valence-corrected chi connectivity index (χ1v) is 6.37. The Hall–Kier alpha value is -1.45. The molecule has 100 valence electrons. The first-order valence-electron chi connectivity index (χ1n) is 5.99. The van der Waals surface area contributed by atoms with Crippen LogP contribution < -0.4 is 5.32 Å². The summed E-state index contributed by atoms with van der Waals surface area (Å²) >= 11 is 6.09. The van der Waals surface area contributed by atoms with E-state index in [0.29, 0.717) is 17.1 Å². The third kappa shape index (κ3) is 3.75. The van der Waals surface area contributed by atoms with Crippen LogP contribution in [0.25, 0.3) is 0 Å². The predicted octanol–water partition coefficient (Wildman–Crippen LogP) is 4.47. The van der Waals surface area contributed by atoms with Crippen molar-refractivity contribution in [2.75, 3.05) is 0 Å². The third-order valence-electron chi connectivity index (χ3n) is 2.91. The molecule has 0 aromatic heterocycles. The third-order valence-corrected chi connectivity index (χ3v) is 3.25. The summed E-state index contributed by atoms with van der Waals surface area (Å²) < 4.78 is 26.1. The molecule has 0 unspecified atom stereocenters. The molecule has 0 aliphatic heterocycles. The number of halogens is 3. The Morgan fingerprint density at radius 3 is 2.37 bits per heavy atom. The zero-order valence-corrected chi connectivity index (χ0v) is 11.2. The van der Waals surface area contributed by atoms with Crippen LogP contribution in [0.3, 0.4) is 0 Å². The fourth-order valence-electron chi connectivity index (χ4n) is 1.92. The molecule has 2 aromatic rings. The minimum absolute atomic E-state index is 0.0000265. The van der Waals surface area contributed by atoms with E-state index >= 15 is 0 Å². The molecule has 0 aliphatic rings. The Kier molecular flexibility index (Phi) is 4.51. The molecule has 1 atom stereocenters. The van der Waals surface area contributed by atoms with Crippen LogP contribution in [0.4, 0.5) is 8.78 Å². The quantitative estimate of drug-likeness (QED) is 0.872. The molecule has 1 nitrogen and oxygen atoms in total. The molecule has 0 bridgehead atoms. The first kappa shape index (κ1) is 14.0. The number of hydrogen-bond donors (Lipinski definition) is 1. The summed E-state index contributed by atoms with van der Waals surface area (Å²) in [6.45, 7) is 2.33. The van der Waals surface area contributed by atoms with Gasteiger partial charge >= 0.3 is 0 Å². The summed E-state index contributed by atoms with van der Waals surface area (Å²) in [7, 11) is 0. The first-order chi connectivity index (χ1) is 9.06. The molecule has 0 fully saturated rings. The van der Waals surface area contributed by atoms with Crippen molar-refractivity contribution in [1.29, 1.82) is 0 Å². The van der Waals surface area contributed by atoms with Gasteiger partial charge in [-0.3, -0.25) is 0 Å². The average Bonchev–Trinajstić information content (AvgIpc) is 2.35. The molecular weight excluding hydrogens is 268 g/mol. The summed E-state index contributed by atoms with van der Waals surface area (Å²) in [6.07, 6.45) is 0. The monoisotopic (exact) mass is 281 g/mol. The van der Waals surface area contributed by atoms with Gasteiger partial charge in [0, 0.05) is 23.7 Å². The molecule has 1 N–H and O–H groups in total. The van der Waals surface area contributed by atoms with Crippen LogP contribution >= 0.6 is 11.6 Å². The molecule has 2 aromatic carbocycles. The number of rotatable bonds is 4. The molecular formula is C15H14ClF2N. The van der Waals surface area contributed by atoms with Gasteiger partial charge in [0.05, 0.1) is 0 Å². The van der Waals surface area contributed by atoms with E-state index in [0.717, 1.165) is 11.6 Å². The molecule has 0 amide bonds. The molecule has 0 saturated heterocycles. The minimum Gasteiger partial charge on any atom is -0.306 e. The maximum absolute atomic E-state index is 13.1. The summed E-state index contributed by atoms with van der Waals surface area (Å²) in [5.74, 6) is -1.13. The van der Waals surface area contributed by atoms with E-state index in [-0.39, 0.29) is 6.04 Å². The van der Waals surface area contributed by atoms with Gasteiger partial charge in [-0.15, -0.1) is 0 Å². The number of hydrogen-bond acceptors (Lipinski definition) is 1. The van der Waals surface area contributed by atoms with E-state index < -0.39 is 11.6 Å². The van der Waals surface area contributed by atoms with E-state index in [1.807, 2.05) is 31.2 Å². The molecule has 0 aliphatic carbocycles. The van der Waals surface area contributed by atoms with E-state index in [9.17, 15) is 8.78 Å². The van der Waals surface area contributed by atoms with Crippen LogP contribution in [0.15, 0.2) is 42.5 Å². The van der Waals surface area contributed by atoms with Crippen molar-refractivity contribution in [3.8, 4) is 0 Å². The lowest BCUT2D eigenvalue weighted by molar-refractivity contribution is 0.554. The van der Waals surface area contributed by atoms with Gasteiger partial charge in [0.15, 0.2) is 0 Å². The Morgan fingerprint density at radius 2 is 1.74 bits per heavy atom. The van der Waals surface area contributed by atoms with Crippen molar-refractivity contribution in [3.63, 3.8) is 0 Å². The summed E-state index contributed by atoms with van der Waals surface area (Å²) in [6, 6.07) is 11.0. The highest BCUT2D eigenvalue weighted by Crippen LogP contribution is 2.22. The molecule has 2 rings (SSSR count). The molecule has 19 heavy (non-hydrogen) atoms. The van der Waals surface area contributed by atoms with Gasteiger partial charge in [0.25, 0.3) is 0 Å². The fourth-order valence-corrected chi connectivity index (χ4v) is 2.22. The second-order valence-corrected chi connectivity index (χ2v) is 4.81. The van der Waals surface area contributed by atoms with Crippen molar-refractivity contribution in [2.45, 2.75) is 19.5 Å². The Balaban J connectivity index is 2.04. The normalized spacial score (nSPS) is 12.4.